The van der Waals surface area contributed by atoms with Crippen LogP contribution < -0.4 is 14.5 Å². The van der Waals surface area contributed by atoms with E-state index in [-0.39, 0.29) is 10.8 Å². The maximum absolute atomic E-state index is 6.66. The molecule has 0 saturated heterocycles. The smallest absolute Gasteiger partial charge is 0.145 e. The van der Waals surface area contributed by atoms with Gasteiger partial charge in [-0.05, 0) is 115 Å². The normalized spacial score (nSPS) is 13.1. The Morgan fingerprint density at radius 2 is 1.15 bits per heavy atom. The summed E-state index contributed by atoms with van der Waals surface area (Å²) < 4.78 is 8.97. The Kier molecular flexibility index (Phi) is 8.64. The first-order chi connectivity index (χ1) is 25.7. The maximum atomic E-state index is 6.66. The third-order valence-electron chi connectivity index (χ3n) is 10.6. The zero-order valence-electron chi connectivity index (χ0n) is 33.0. The predicted molar refractivity (Wildman–Crippen MR) is 227 cm³/mol. The second-order valence-electron chi connectivity index (χ2n) is 16.9. The van der Waals surface area contributed by atoms with Crippen LogP contribution in [-0.2, 0) is 10.8 Å². The summed E-state index contributed by atoms with van der Waals surface area (Å²) in [7, 11) is 0. The Labute approximate surface area is 320 Å². The predicted octanol–water partition coefficient (Wildman–Crippen LogP) is 13.3. The van der Waals surface area contributed by atoms with Gasteiger partial charge in [0.25, 0.3) is 0 Å². The fraction of sp³-hybridized carbons (Fsp3) is 0.245. The first-order valence-electron chi connectivity index (χ1n) is 19.0. The topological polar surface area (TPSA) is 33.5 Å². The number of hydrogen-bond acceptors (Lipinski definition) is 4. The summed E-state index contributed by atoms with van der Waals surface area (Å²) in [5.74, 6) is 2.43. The molecule has 0 radical (unpaired) electrons. The molecule has 0 atom stereocenters. The molecule has 0 saturated carbocycles. The van der Waals surface area contributed by atoms with Gasteiger partial charge in [0.2, 0.25) is 0 Å². The Morgan fingerprint density at radius 3 is 1.81 bits per heavy atom. The van der Waals surface area contributed by atoms with Crippen molar-refractivity contribution < 1.29 is 4.74 Å². The lowest BCUT2D eigenvalue weighted by Crippen LogP contribution is -2.25. The largest absolute Gasteiger partial charge is 0.457 e. The molecular formula is C49H50N4O. The molecule has 272 valence electrons. The van der Waals surface area contributed by atoms with Gasteiger partial charge in [-0.2, -0.15) is 0 Å². The summed E-state index contributed by atoms with van der Waals surface area (Å²) in [5.41, 5.74) is 15.3. The van der Waals surface area contributed by atoms with Gasteiger partial charge in [0, 0.05) is 28.7 Å². The Bertz CT molecular complexity index is 2470. The second-order valence-corrected chi connectivity index (χ2v) is 16.9. The van der Waals surface area contributed by atoms with Crippen LogP contribution in [0.3, 0.4) is 0 Å². The molecule has 0 unspecified atom stereocenters. The molecular weight excluding hydrogens is 661 g/mol. The van der Waals surface area contributed by atoms with Crippen molar-refractivity contribution in [2.75, 3.05) is 16.5 Å². The van der Waals surface area contributed by atoms with E-state index < -0.39 is 0 Å². The van der Waals surface area contributed by atoms with Crippen molar-refractivity contribution in [3.63, 3.8) is 0 Å². The van der Waals surface area contributed by atoms with Crippen LogP contribution in [0.5, 0.6) is 11.5 Å². The molecule has 0 bridgehead atoms. The zero-order chi connectivity index (χ0) is 37.9. The van der Waals surface area contributed by atoms with Gasteiger partial charge in [0.15, 0.2) is 0 Å². The average molecular weight is 711 g/mol. The van der Waals surface area contributed by atoms with Crippen LogP contribution in [0.15, 0.2) is 127 Å². The number of hydrogen-bond donors (Lipinski definition) is 0. The molecule has 0 amide bonds. The zero-order valence-corrected chi connectivity index (χ0v) is 33.0. The van der Waals surface area contributed by atoms with Crippen LogP contribution >= 0.6 is 0 Å². The van der Waals surface area contributed by atoms with E-state index in [0.29, 0.717) is 6.67 Å². The van der Waals surface area contributed by atoms with Crippen molar-refractivity contribution in [1.29, 1.82) is 0 Å². The highest BCUT2D eigenvalue weighted by molar-refractivity contribution is 5.89. The van der Waals surface area contributed by atoms with Gasteiger partial charge >= 0.3 is 0 Å². The summed E-state index contributed by atoms with van der Waals surface area (Å²) in [6.45, 7) is 21.0. The van der Waals surface area contributed by atoms with E-state index in [9.17, 15) is 0 Å². The molecule has 1 aromatic heterocycles. The van der Waals surface area contributed by atoms with Crippen LogP contribution in [0.4, 0.5) is 22.7 Å². The van der Waals surface area contributed by atoms with Gasteiger partial charge in [-0.3, -0.25) is 4.57 Å². The number of nitrogens with zero attached hydrogens (tertiary/aromatic N) is 4. The number of rotatable bonds is 6. The average Bonchev–Trinajstić information content (AvgIpc) is 3.70. The van der Waals surface area contributed by atoms with E-state index in [1.165, 1.54) is 44.9 Å². The molecule has 8 rings (SSSR count). The van der Waals surface area contributed by atoms with Crippen LogP contribution in [0.25, 0.3) is 28.1 Å². The van der Waals surface area contributed by atoms with E-state index in [0.717, 1.165) is 45.3 Å². The monoisotopic (exact) mass is 710 g/mol. The molecule has 1 aliphatic heterocycles. The van der Waals surface area contributed by atoms with E-state index >= 15 is 0 Å². The fourth-order valence-electron chi connectivity index (χ4n) is 7.86. The highest BCUT2D eigenvalue weighted by Crippen LogP contribution is 2.46. The summed E-state index contributed by atoms with van der Waals surface area (Å²) >= 11 is 0. The van der Waals surface area contributed by atoms with Crippen molar-refractivity contribution in [1.82, 2.24) is 9.55 Å². The Morgan fingerprint density at radius 1 is 0.556 bits per heavy atom. The molecule has 0 N–H and O–H groups in total. The molecule has 0 fully saturated rings. The minimum absolute atomic E-state index is 0.0111. The van der Waals surface area contributed by atoms with Gasteiger partial charge < -0.3 is 14.5 Å². The molecule has 0 spiro atoms. The third kappa shape index (κ3) is 6.53. The van der Waals surface area contributed by atoms with Gasteiger partial charge in [0.05, 0.1) is 22.4 Å². The number of aromatic nitrogens is 2. The van der Waals surface area contributed by atoms with Gasteiger partial charge in [-0.1, -0.05) is 108 Å². The first kappa shape index (κ1) is 35.2. The summed E-state index contributed by atoms with van der Waals surface area (Å²) in [5, 5.41) is 0. The quantitative estimate of drug-likeness (QED) is 0.172. The van der Waals surface area contributed by atoms with Crippen LogP contribution in [0.1, 0.15) is 69.4 Å². The third-order valence-corrected chi connectivity index (χ3v) is 10.6. The molecule has 0 aliphatic carbocycles. The van der Waals surface area contributed by atoms with Gasteiger partial charge in [0.1, 0.15) is 24.0 Å². The highest BCUT2D eigenvalue weighted by atomic mass is 16.5. The second kappa shape index (κ2) is 13.2. The number of imidazole rings is 1. The Balaban J connectivity index is 1.15. The lowest BCUT2D eigenvalue weighted by atomic mass is 9.80. The molecule has 7 aromatic rings. The number of anilines is 4. The summed E-state index contributed by atoms with van der Waals surface area (Å²) in [4.78, 5) is 10.0. The van der Waals surface area contributed by atoms with E-state index in [1.54, 1.807) is 0 Å². The first-order valence-corrected chi connectivity index (χ1v) is 19.0. The highest BCUT2D eigenvalue weighted by Gasteiger charge is 2.30. The lowest BCUT2D eigenvalue weighted by molar-refractivity contribution is 0.483. The number of ether oxygens (including phenoxy) is 1. The molecule has 6 aromatic carbocycles. The summed E-state index contributed by atoms with van der Waals surface area (Å²) in [6.07, 6.45) is 0. The van der Waals surface area contributed by atoms with Crippen molar-refractivity contribution >= 4 is 33.8 Å². The molecule has 1 aliphatic rings. The molecule has 2 heterocycles. The van der Waals surface area contributed by atoms with E-state index in [4.69, 9.17) is 9.72 Å². The fourth-order valence-corrected chi connectivity index (χ4v) is 7.86. The van der Waals surface area contributed by atoms with Crippen molar-refractivity contribution in [2.45, 2.75) is 73.1 Å². The molecule has 54 heavy (non-hydrogen) atoms. The molecule has 5 nitrogen and oxygen atoms in total. The molecule has 5 heteroatoms. The summed E-state index contributed by atoms with van der Waals surface area (Å²) in [6, 6.07) is 45.4. The van der Waals surface area contributed by atoms with Gasteiger partial charge in [-0.15, -0.1) is 0 Å². The van der Waals surface area contributed by atoms with Crippen LogP contribution in [-0.4, -0.2) is 16.2 Å². The SMILES string of the molecule is Cc1cc(C)c(N2CN(c3cccc(Oc4cccc(-c5nc6ccccc6n5-c5cc(C(C)(C)C)cc(C(C)(C)C)c5)c4)c3)c3ccccc32)c(C)c1. The van der Waals surface area contributed by atoms with E-state index in [1.807, 2.05) is 12.1 Å². The van der Waals surface area contributed by atoms with Crippen LogP contribution in [0.2, 0.25) is 0 Å². The lowest BCUT2D eigenvalue weighted by Gasteiger charge is -2.27. The minimum Gasteiger partial charge on any atom is -0.457 e. The van der Waals surface area contributed by atoms with Gasteiger partial charge in [-0.25, -0.2) is 4.98 Å². The van der Waals surface area contributed by atoms with Crippen LogP contribution in [0, 0.1) is 20.8 Å². The number of aryl methyl sites for hydroxylation is 3. The van der Waals surface area contributed by atoms with Crippen molar-refractivity contribution in [3.8, 4) is 28.6 Å². The number of fused-ring (bicyclic) bond motifs is 2. The number of para-hydroxylation sites is 4. The maximum Gasteiger partial charge on any atom is 0.145 e. The standard InChI is InChI=1S/C49H50N4O/c1-32-24-33(2)46(34(3)25-32)52-31-51(44-22-12-13-23-45(44)52)38-17-15-19-41(30-38)54-40-18-14-16-35(26-40)47-50-42-20-10-11-21-43(42)53(47)39-28-36(48(4,5)6)27-37(29-39)49(7,8)9/h10-30H,31H2,1-9H3. The minimum atomic E-state index is -0.0111. The van der Waals surface area contributed by atoms with Crippen molar-refractivity contribution in [3.05, 3.63) is 155 Å². The Hall–Kier alpha value is -5.81. The number of benzene rings is 6. The van der Waals surface area contributed by atoms with Crippen molar-refractivity contribution in [2.24, 2.45) is 0 Å². The van der Waals surface area contributed by atoms with E-state index in [2.05, 4.69) is 192 Å².